The van der Waals surface area contributed by atoms with Gasteiger partial charge in [-0.15, -0.1) is 10.2 Å². The Labute approximate surface area is 182 Å². The fraction of sp³-hybridized carbons (Fsp3) is 0.857. The van der Waals surface area contributed by atoms with Gasteiger partial charge in [-0.25, -0.2) is 0 Å². The first-order valence-corrected chi connectivity index (χ1v) is 11.5. The number of tetrazole rings is 1. The zero-order valence-corrected chi connectivity index (χ0v) is 18.4. The summed E-state index contributed by atoms with van der Waals surface area (Å²) >= 11 is 0. The lowest BCUT2D eigenvalue weighted by Gasteiger charge is -2.42. The molecule has 3 heterocycles. The number of nitrogens with zero attached hydrogens (tertiary/aromatic N) is 5. The van der Waals surface area contributed by atoms with Gasteiger partial charge in [-0.3, -0.25) is 14.5 Å². The van der Waals surface area contributed by atoms with Gasteiger partial charge in [0.15, 0.2) is 5.82 Å². The first kappa shape index (κ1) is 22.1. The zero-order valence-electron chi connectivity index (χ0n) is 18.4. The highest BCUT2D eigenvalue weighted by atomic mass is 16.4. The third-order valence-corrected chi connectivity index (χ3v) is 7.26. The van der Waals surface area contributed by atoms with Crippen LogP contribution in [0.2, 0.25) is 0 Å². The Morgan fingerprint density at radius 2 is 1.94 bits per heavy atom. The average Bonchev–Trinajstić information content (AvgIpc) is 3.34. The van der Waals surface area contributed by atoms with Gasteiger partial charge in [0.25, 0.3) is 0 Å². The summed E-state index contributed by atoms with van der Waals surface area (Å²) in [7, 11) is 0. The quantitative estimate of drug-likeness (QED) is 0.576. The Kier molecular flexibility index (Phi) is 6.57. The minimum Gasteiger partial charge on any atom is -0.480 e. The van der Waals surface area contributed by atoms with E-state index in [2.05, 4.69) is 39.5 Å². The molecule has 2 saturated heterocycles. The molecule has 1 saturated carbocycles. The van der Waals surface area contributed by atoms with Crippen molar-refractivity contribution in [2.75, 3.05) is 19.6 Å². The lowest BCUT2D eigenvalue weighted by molar-refractivity contribution is -0.143. The van der Waals surface area contributed by atoms with Crippen molar-refractivity contribution in [3.63, 3.8) is 0 Å². The Bertz CT molecular complexity index is 799. The number of carboxylic acid groups (broad SMARTS) is 2. The highest BCUT2D eigenvalue weighted by molar-refractivity contribution is 5.74. The molecule has 10 heteroatoms. The number of aromatic nitrogens is 4. The first-order chi connectivity index (χ1) is 14.8. The number of fused-ring (bicyclic) bond motifs is 1. The van der Waals surface area contributed by atoms with Crippen LogP contribution >= 0.6 is 0 Å². The average molecular weight is 435 g/mol. The molecular formula is C21H34N6O4. The summed E-state index contributed by atoms with van der Waals surface area (Å²) in [5, 5.41) is 35.1. The van der Waals surface area contributed by atoms with Gasteiger partial charge in [0, 0.05) is 19.5 Å². The maximum atomic E-state index is 11.9. The van der Waals surface area contributed by atoms with Crippen LogP contribution in [-0.2, 0) is 16.0 Å². The van der Waals surface area contributed by atoms with Gasteiger partial charge < -0.3 is 15.5 Å². The Balaban J connectivity index is 1.38. The van der Waals surface area contributed by atoms with E-state index in [1.165, 1.54) is 0 Å². The van der Waals surface area contributed by atoms with Gasteiger partial charge in [-0.05, 0) is 67.5 Å². The molecule has 3 fully saturated rings. The lowest BCUT2D eigenvalue weighted by atomic mass is 9.69. The Morgan fingerprint density at radius 1 is 1.13 bits per heavy atom. The molecule has 3 N–H and O–H groups in total. The molecule has 0 spiro atoms. The third-order valence-electron chi connectivity index (χ3n) is 7.26. The monoisotopic (exact) mass is 434 g/mol. The largest absolute Gasteiger partial charge is 0.480 e. The number of carbonyl (C=O) groups is 2. The number of rotatable bonds is 7. The van der Waals surface area contributed by atoms with Gasteiger partial charge in [-0.1, -0.05) is 13.8 Å². The highest BCUT2D eigenvalue weighted by Crippen LogP contribution is 2.40. The molecule has 10 nitrogen and oxygen atoms in total. The van der Waals surface area contributed by atoms with Crippen LogP contribution in [0.15, 0.2) is 0 Å². The van der Waals surface area contributed by atoms with E-state index >= 15 is 0 Å². The summed E-state index contributed by atoms with van der Waals surface area (Å²) in [5.41, 5.74) is 0. The van der Waals surface area contributed by atoms with Gasteiger partial charge in [-0.2, -0.15) is 4.80 Å². The maximum Gasteiger partial charge on any atom is 0.321 e. The van der Waals surface area contributed by atoms with Crippen molar-refractivity contribution in [1.29, 1.82) is 0 Å². The van der Waals surface area contributed by atoms with Crippen molar-refractivity contribution >= 4 is 11.9 Å². The molecule has 6 unspecified atom stereocenters. The highest BCUT2D eigenvalue weighted by Gasteiger charge is 2.42. The second kappa shape index (κ2) is 9.20. The van der Waals surface area contributed by atoms with E-state index in [1.807, 2.05) is 0 Å². The smallest absolute Gasteiger partial charge is 0.321 e. The summed E-state index contributed by atoms with van der Waals surface area (Å²) in [6.45, 7) is 6.32. The molecular weight excluding hydrogens is 400 g/mol. The van der Waals surface area contributed by atoms with Gasteiger partial charge in [0.05, 0.1) is 6.04 Å². The van der Waals surface area contributed by atoms with E-state index in [4.69, 9.17) is 0 Å². The SMILES string of the molecule is CC(C)Cc1nnn(C2CC(C(=O)O)N(CC3CCC4CNC(C(=O)O)CC4C3)C2)n1. The molecule has 0 bridgehead atoms. The minimum absolute atomic E-state index is 0.0823. The molecule has 0 amide bonds. The van der Waals surface area contributed by atoms with Crippen molar-refractivity contribution in [3.8, 4) is 0 Å². The van der Waals surface area contributed by atoms with Crippen molar-refractivity contribution in [1.82, 2.24) is 30.4 Å². The summed E-state index contributed by atoms with van der Waals surface area (Å²) < 4.78 is 0. The standard InChI is InChI=1S/C21H34N6O4/c1-12(2)5-19-23-25-27(24-19)16-8-18(21(30)31)26(11-16)10-13-3-4-14-9-22-17(20(28)29)7-15(14)6-13/h12-18,22H,3-11H2,1-2H3,(H,28,29)(H,30,31). The summed E-state index contributed by atoms with van der Waals surface area (Å²) in [6.07, 6.45) is 5.03. The van der Waals surface area contributed by atoms with Gasteiger partial charge in [0.2, 0.25) is 0 Å². The number of piperidine rings is 1. The van der Waals surface area contributed by atoms with E-state index < -0.39 is 24.0 Å². The zero-order chi connectivity index (χ0) is 22.1. The Morgan fingerprint density at radius 3 is 2.65 bits per heavy atom. The molecule has 4 rings (SSSR count). The number of nitrogens with one attached hydrogen (secondary N) is 1. The molecule has 3 aliphatic rings. The lowest BCUT2D eigenvalue weighted by Crippen LogP contribution is -2.50. The van der Waals surface area contributed by atoms with Crippen LogP contribution in [-0.4, -0.2) is 79.0 Å². The van der Waals surface area contributed by atoms with Crippen LogP contribution in [0.3, 0.4) is 0 Å². The number of hydrogen-bond acceptors (Lipinski definition) is 7. The van der Waals surface area contributed by atoms with E-state index in [0.717, 1.165) is 38.8 Å². The topological polar surface area (TPSA) is 133 Å². The van der Waals surface area contributed by atoms with Crippen molar-refractivity contribution in [2.45, 2.75) is 70.5 Å². The summed E-state index contributed by atoms with van der Waals surface area (Å²) in [5.74, 6) is 0.908. The van der Waals surface area contributed by atoms with Crippen LogP contribution < -0.4 is 5.32 Å². The normalized spacial score (nSPS) is 34.0. The number of carboxylic acids is 2. The van der Waals surface area contributed by atoms with E-state index in [-0.39, 0.29) is 6.04 Å². The summed E-state index contributed by atoms with van der Waals surface area (Å²) in [4.78, 5) is 27.0. The van der Waals surface area contributed by atoms with E-state index in [9.17, 15) is 19.8 Å². The fourth-order valence-electron chi connectivity index (χ4n) is 5.71. The van der Waals surface area contributed by atoms with Crippen molar-refractivity contribution in [3.05, 3.63) is 5.82 Å². The molecule has 2 aliphatic heterocycles. The minimum atomic E-state index is -0.800. The molecule has 1 aromatic heterocycles. The maximum absolute atomic E-state index is 11.9. The molecule has 1 aromatic rings. The van der Waals surface area contributed by atoms with Crippen LogP contribution in [0.25, 0.3) is 0 Å². The predicted molar refractivity (Wildman–Crippen MR) is 111 cm³/mol. The van der Waals surface area contributed by atoms with Crippen LogP contribution in [0.4, 0.5) is 0 Å². The van der Waals surface area contributed by atoms with Crippen molar-refractivity contribution < 1.29 is 19.8 Å². The number of aliphatic carboxylic acids is 2. The van der Waals surface area contributed by atoms with Crippen LogP contribution in [0, 0.1) is 23.7 Å². The Hall–Kier alpha value is -2.07. The van der Waals surface area contributed by atoms with E-state index in [0.29, 0.717) is 48.9 Å². The second-order valence-electron chi connectivity index (χ2n) is 10.1. The second-order valence-corrected chi connectivity index (χ2v) is 10.1. The van der Waals surface area contributed by atoms with Gasteiger partial charge >= 0.3 is 11.9 Å². The fourth-order valence-corrected chi connectivity index (χ4v) is 5.71. The van der Waals surface area contributed by atoms with E-state index in [1.54, 1.807) is 4.80 Å². The number of likely N-dealkylation sites (tertiary alicyclic amines) is 1. The molecule has 0 aromatic carbocycles. The first-order valence-electron chi connectivity index (χ1n) is 11.5. The third kappa shape index (κ3) is 5.06. The molecule has 0 radical (unpaired) electrons. The molecule has 31 heavy (non-hydrogen) atoms. The van der Waals surface area contributed by atoms with Crippen molar-refractivity contribution in [2.24, 2.45) is 23.7 Å². The number of hydrogen-bond donors (Lipinski definition) is 3. The summed E-state index contributed by atoms with van der Waals surface area (Å²) in [6, 6.07) is -1.08. The predicted octanol–water partition coefficient (Wildman–Crippen LogP) is 1.05. The van der Waals surface area contributed by atoms with Gasteiger partial charge in [0.1, 0.15) is 12.1 Å². The molecule has 172 valence electrons. The van der Waals surface area contributed by atoms with Crippen LogP contribution in [0.5, 0.6) is 0 Å². The molecule has 1 aliphatic carbocycles. The molecule has 6 atom stereocenters. The van der Waals surface area contributed by atoms with Crippen LogP contribution in [0.1, 0.15) is 57.8 Å².